The first kappa shape index (κ1) is 10.4. The Morgan fingerprint density at radius 3 is 2.79 bits per heavy atom. The molecule has 3 nitrogen and oxygen atoms in total. The Morgan fingerprint density at radius 2 is 2.14 bits per heavy atom. The van der Waals surface area contributed by atoms with E-state index in [1.54, 1.807) is 0 Å². The average molecular weight is 199 g/mol. The van der Waals surface area contributed by atoms with Crippen LogP contribution < -0.4 is 5.32 Å². The van der Waals surface area contributed by atoms with Crippen LogP contribution in [0.1, 0.15) is 32.6 Å². The summed E-state index contributed by atoms with van der Waals surface area (Å²) >= 11 is 0. The van der Waals surface area contributed by atoms with Gasteiger partial charge in [0, 0.05) is 13.2 Å². The van der Waals surface area contributed by atoms with Gasteiger partial charge in [-0.15, -0.1) is 0 Å². The van der Waals surface area contributed by atoms with Crippen molar-refractivity contribution in [3.05, 3.63) is 0 Å². The summed E-state index contributed by atoms with van der Waals surface area (Å²) in [6.45, 7) is 4.85. The topological polar surface area (TPSA) is 30.5 Å². The third-order valence-corrected chi connectivity index (χ3v) is 3.41. The fourth-order valence-corrected chi connectivity index (χ4v) is 2.72. The standard InChI is InChI=1S/C11H21NO2/c1-10(8-12-2)5-6-11(14-10)4-3-7-13-9-11/h12H,3-9H2,1-2H3. The van der Waals surface area contributed by atoms with Crippen molar-refractivity contribution < 1.29 is 9.47 Å². The quantitative estimate of drug-likeness (QED) is 0.727. The third kappa shape index (κ3) is 1.95. The van der Waals surface area contributed by atoms with Crippen molar-refractivity contribution >= 4 is 0 Å². The van der Waals surface area contributed by atoms with E-state index in [1.165, 1.54) is 6.42 Å². The largest absolute Gasteiger partial charge is 0.378 e. The molecule has 0 amide bonds. The highest BCUT2D eigenvalue weighted by atomic mass is 16.6. The van der Waals surface area contributed by atoms with E-state index in [0.29, 0.717) is 0 Å². The van der Waals surface area contributed by atoms with Crippen molar-refractivity contribution in [3.63, 3.8) is 0 Å². The molecule has 2 rings (SSSR count). The molecule has 0 aromatic carbocycles. The minimum atomic E-state index is 0.0233. The van der Waals surface area contributed by atoms with Gasteiger partial charge in [0.25, 0.3) is 0 Å². The summed E-state index contributed by atoms with van der Waals surface area (Å²) in [5.74, 6) is 0. The van der Waals surface area contributed by atoms with Gasteiger partial charge in [-0.1, -0.05) is 0 Å². The van der Waals surface area contributed by atoms with E-state index in [9.17, 15) is 0 Å². The third-order valence-electron chi connectivity index (χ3n) is 3.41. The Bertz CT molecular complexity index is 201. The summed E-state index contributed by atoms with van der Waals surface area (Å²) in [5, 5.41) is 3.21. The van der Waals surface area contributed by atoms with Crippen LogP contribution in [0.4, 0.5) is 0 Å². The van der Waals surface area contributed by atoms with Gasteiger partial charge in [0.15, 0.2) is 0 Å². The van der Waals surface area contributed by atoms with E-state index in [-0.39, 0.29) is 11.2 Å². The number of nitrogens with one attached hydrogen (secondary N) is 1. The molecule has 0 radical (unpaired) electrons. The number of rotatable bonds is 2. The second-order valence-corrected chi connectivity index (χ2v) is 4.92. The van der Waals surface area contributed by atoms with Crippen LogP contribution in [-0.4, -0.2) is 38.0 Å². The van der Waals surface area contributed by atoms with Gasteiger partial charge < -0.3 is 14.8 Å². The fourth-order valence-electron chi connectivity index (χ4n) is 2.72. The smallest absolute Gasteiger partial charge is 0.0924 e. The van der Waals surface area contributed by atoms with Gasteiger partial charge in [0.2, 0.25) is 0 Å². The zero-order valence-electron chi connectivity index (χ0n) is 9.27. The zero-order valence-corrected chi connectivity index (χ0v) is 9.27. The number of hydrogen-bond donors (Lipinski definition) is 1. The molecule has 2 saturated heterocycles. The second-order valence-electron chi connectivity index (χ2n) is 4.92. The maximum Gasteiger partial charge on any atom is 0.0924 e. The summed E-state index contributed by atoms with van der Waals surface area (Å²) < 4.78 is 11.8. The van der Waals surface area contributed by atoms with E-state index in [4.69, 9.17) is 9.47 Å². The minimum absolute atomic E-state index is 0.0233. The van der Waals surface area contributed by atoms with Crippen LogP contribution in [0.15, 0.2) is 0 Å². The molecule has 0 aliphatic carbocycles. The van der Waals surface area contributed by atoms with Crippen molar-refractivity contribution in [1.29, 1.82) is 0 Å². The van der Waals surface area contributed by atoms with Gasteiger partial charge in [-0.05, 0) is 39.7 Å². The predicted octanol–water partition coefficient (Wildman–Crippen LogP) is 1.32. The average Bonchev–Trinajstić information content (AvgIpc) is 2.46. The maximum absolute atomic E-state index is 6.23. The van der Waals surface area contributed by atoms with Gasteiger partial charge in [-0.2, -0.15) is 0 Å². The first-order valence-electron chi connectivity index (χ1n) is 5.61. The Labute approximate surface area is 86.2 Å². The lowest BCUT2D eigenvalue weighted by molar-refractivity contribution is -0.150. The van der Waals surface area contributed by atoms with Crippen molar-refractivity contribution in [2.24, 2.45) is 0 Å². The summed E-state index contributed by atoms with van der Waals surface area (Å²) in [5.41, 5.74) is 0.0688. The van der Waals surface area contributed by atoms with Gasteiger partial charge in [-0.3, -0.25) is 0 Å². The molecule has 0 aromatic rings. The van der Waals surface area contributed by atoms with Gasteiger partial charge in [0.05, 0.1) is 17.8 Å². The minimum Gasteiger partial charge on any atom is -0.378 e. The number of hydrogen-bond acceptors (Lipinski definition) is 3. The van der Waals surface area contributed by atoms with Crippen LogP contribution in [0.3, 0.4) is 0 Å². The molecule has 2 unspecified atom stereocenters. The molecule has 14 heavy (non-hydrogen) atoms. The highest BCUT2D eigenvalue weighted by Gasteiger charge is 2.47. The van der Waals surface area contributed by atoms with E-state index in [1.807, 2.05) is 7.05 Å². The molecular formula is C11H21NO2. The van der Waals surface area contributed by atoms with E-state index >= 15 is 0 Å². The highest BCUT2D eigenvalue weighted by molar-refractivity contribution is 4.97. The molecule has 2 heterocycles. The molecule has 1 spiro atoms. The number of ether oxygens (including phenoxy) is 2. The van der Waals surface area contributed by atoms with E-state index < -0.39 is 0 Å². The monoisotopic (exact) mass is 199 g/mol. The Morgan fingerprint density at radius 1 is 1.29 bits per heavy atom. The van der Waals surface area contributed by atoms with Crippen LogP contribution in [0.5, 0.6) is 0 Å². The molecule has 3 heteroatoms. The van der Waals surface area contributed by atoms with Gasteiger partial charge >= 0.3 is 0 Å². The van der Waals surface area contributed by atoms with Crippen molar-refractivity contribution in [2.75, 3.05) is 26.8 Å². The summed E-state index contributed by atoms with van der Waals surface area (Å²) in [7, 11) is 1.98. The molecule has 0 saturated carbocycles. The molecule has 1 N–H and O–H groups in total. The summed E-state index contributed by atoms with van der Waals surface area (Å²) in [6, 6.07) is 0. The molecule has 0 bridgehead atoms. The van der Waals surface area contributed by atoms with Crippen molar-refractivity contribution in [2.45, 2.75) is 43.8 Å². The molecule has 82 valence electrons. The van der Waals surface area contributed by atoms with Crippen LogP contribution >= 0.6 is 0 Å². The fraction of sp³-hybridized carbons (Fsp3) is 1.00. The second kappa shape index (κ2) is 3.80. The van der Waals surface area contributed by atoms with E-state index in [0.717, 1.165) is 39.0 Å². The highest BCUT2D eigenvalue weighted by Crippen LogP contribution is 2.41. The predicted molar refractivity (Wildman–Crippen MR) is 55.4 cm³/mol. The SMILES string of the molecule is CNCC1(C)CCC2(CCCOC2)O1. The molecule has 0 aromatic heterocycles. The summed E-state index contributed by atoms with van der Waals surface area (Å²) in [4.78, 5) is 0. The van der Waals surface area contributed by atoms with Gasteiger partial charge in [-0.25, -0.2) is 0 Å². The lowest BCUT2D eigenvalue weighted by Gasteiger charge is -2.36. The molecule has 2 aliphatic heterocycles. The zero-order chi connectivity index (χ0) is 10.1. The van der Waals surface area contributed by atoms with Crippen molar-refractivity contribution in [3.8, 4) is 0 Å². The van der Waals surface area contributed by atoms with E-state index in [2.05, 4.69) is 12.2 Å². The Balaban J connectivity index is 1.98. The van der Waals surface area contributed by atoms with Crippen LogP contribution in [0.25, 0.3) is 0 Å². The van der Waals surface area contributed by atoms with Crippen LogP contribution in [0.2, 0.25) is 0 Å². The maximum atomic E-state index is 6.23. The normalized spacial score (nSPS) is 43.3. The summed E-state index contributed by atoms with van der Waals surface area (Å²) in [6.07, 6.45) is 4.63. The first-order valence-corrected chi connectivity index (χ1v) is 5.61. The Kier molecular flexibility index (Phi) is 2.82. The molecular weight excluding hydrogens is 178 g/mol. The first-order chi connectivity index (χ1) is 6.68. The van der Waals surface area contributed by atoms with Crippen molar-refractivity contribution in [1.82, 2.24) is 5.32 Å². The molecule has 2 fully saturated rings. The van der Waals surface area contributed by atoms with Crippen LogP contribution in [-0.2, 0) is 9.47 Å². The Hall–Kier alpha value is -0.120. The lowest BCUT2D eigenvalue weighted by atomic mass is 9.92. The molecule has 2 atom stereocenters. The number of likely N-dealkylation sites (N-methyl/N-ethyl adjacent to an activating group) is 1. The molecule has 2 aliphatic rings. The van der Waals surface area contributed by atoms with Crippen LogP contribution in [0, 0.1) is 0 Å². The lowest BCUT2D eigenvalue weighted by Crippen LogP contribution is -2.44. The van der Waals surface area contributed by atoms with Gasteiger partial charge in [0.1, 0.15) is 0 Å².